The number of nitrogens with one attached hydrogen (secondary N) is 1. The molecule has 1 aromatic rings. The van der Waals surface area contributed by atoms with E-state index in [1.807, 2.05) is 13.1 Å². The van der Waals surface area contributed by atoms with Crippen LogP contribution in [0.25, 0.3) is 0 Å². The zero-order valence-corrected chi connectivity index (χ0v) is 8.48. The molecule has 0 aromatic carbocycles. The van der Waals surface area contributed by atoms with Gasteiger partial charge in [-0.3, -0.25) is 0 Å². The van der Waals surface area contributed by atoms with E-state index in [2.05, 4.69) is 38.8 Å². The van der Waals surface area contributed by atoms with Crippen LogP contribution in [0, 0.1) is 0 Å². The Bertz CT molecular complexity index is 230. The molecule has 0 fully saturated rings. The predicted molar refractivity (Wildman–Crippen MR) is 51.9 cm³/mol. The van der Waals surface area contributed by atoms with Crippen molar-refractivity contribution < 1.29 is 0 Å². The van der Waals surface area contributed by atoms with Gasteiger partial charge in [0.2, 0.25) is 0 Å². The summed E-state index contributed by atoms with van der Waals surface area (Å²) in [4.78, 5) is 0. The van der Waals surface area contributed by atoms with Crippen molar-refractivity contribution in [3.8, 4) is 0 Å². The van der Waals surface area contributed by atoms with E-state index in [0.29, 0.717) is 0 Å². The Labute approximate surface area is 75.7 Å². The second-order valence-electron chi connectivity index (χ2n) is 2.53. The molecule has 0 saturated heterocycles. The number of nitrogens with zero attached hydrogens (tertiary/aromatic N) is 1. The van der Waals surface area contributed by atoms with Crippen molar-refractivity contribution in [1.82, 2.24) is 4.57 Å². The molecule has 1 aromatic heterocycles. The van der Waals surface area contributed by atoms with Gasteiger partial charge in [0.25, 0.3) is 0 Å². The van der Waals surface area contributed by atoms with E-state index in [1.165, 1.54) is 5.82 Å². The third-order valence-electron chi connectivity index (χ3n) is 1.62. The van der Waals surface area contributed by atoms with Crippen molar-refractivity contribution in [3.05, 3.63) is 16.7 Å². The van der Waals surface area contributed by atoms with Gasteiger partial charge in [-0.15, -0.1) is 0 Å². The smallest absolute Gasteiger partial charge is 0.106 e. The lowest BCUT2D eigenvalue weighted by Crippen LogP contribution is -2.04. The third-order valence-corrected chi connectivity index (χ3v) is 2.41. The second kappa shape index (κ2) is 3.81. The van der Waals surface area contributed by atoms with Crippen molar-refractivity contribution in [2.24, 2.45) is 7.05 Å². The molecule has 0 unspecified atom stereocenters. The molecular weight excluding hydrogens is 204 g/mol. The van der Waals surface area contributed by atoms with Crippen molar-refractivity contribution in [1.29, 1.82) is 0 Å². The minimum absolute atomic E-state index is 1.03. The quantitative estimate of drug-likeness (QED) is 0.823. The van der Waals surface area contributed by atoms with Crippen LogP contribution < -0.4 is 5.32 Å². The summed E-state index contributed by atoms with van der Waals surface area (Å²) in [5.74, 6) is 1.17. The molecule has 0 spiro atoms. The summed E-state index contributed by atoms with van der Waals surface area (Å²) in [6, 6.07) is 4.11. The first-order valence-corrected chi connectivity index (χ1v) is 4.60. The number of rotatable bonds is 3. The Balaban J connectivity index is 2.63. The number of hydrogen-bond acceptors (Lipinski definition) is 1. The van der Waals surface area contributed by atoms with Crippen LogP contribution in [-0.4, -0.2) is 11.1 Å². The molecule has 0 atom stereocenters. The molecular formula is C8H13BrN2. The normalized spacial score (nSPS) is 10.1. The average molecular weight is 217 g/mol. The molecule has 0 amide bonds. The van der Waals surface area contributed by atoms with Crippen LogP contribution in [0.4, 0.5) is 5.82 Å². The highest BCUT2D eigenvalue weighted by atomic mass is 79.9. The minimum atomic E-state index is 1.03. The Morgan fingerprint density at radius 2 is 2.27 bits per heavy atom. The standard InChI is InChI=1S/C8H13BrN2/c1-3-6-10-8-5-4-7(9)11(8)2/h4-5,10H,3,6H2,1-2H3. The summed E-state index contributed by atoms with van der Waals surface area (Å²) in [5.41, 5.74) is 0. The first-order chi connectivity index (χ1) is 5.25. The molecule has 1 heterocycles. The number of hydrogen-bond donors (Lipinski definition) is 1. The first-order valence-electron chi connectivity index (χ1n) is 3.80. The van der Waals surface area contributed by atoms with Gasteiger partial charge in [-0.1, -0.05) is 6.92 Å². The first kappa shape index (κ1) is 8.65. The van der Waals surface area contributed by atoms with Crippen molar-refractivity contribution >= 4 is 21.7 Å². The molecule has 0 aliphatic rings. The van der Waals surface area contributed by atoms with E-state index in [1.54, 1.807) is 0 Å². The van der Waals surface area contributed by atoms with Crippen LogP contribution in [0.2, 0.25) is 0 Å². The van der Waals surface area contributed by atoms with Gasteiger partial charge in [0.15, 0.2) is 0 Å². The van der Waals surface area contributed by atoms with Gasteiger partial charge in [0, 0.05) is 13.6 Å². The zero-order valence-electron chi connectivity index (χ0n) is 6.89. The summed E-state index contributed by atoms with van der Waals surface area (Å²) in [6.07, 6.45) is 1.16. The van der Waals surface area contributed by atoms with Gasteiger partial charge in [0.1, 0.15) is 5.82 Å². The van der Waals surface area contributed by atoms with E-state index in [0.717, 1.165) is 17.6 Å². The summed E-state index contributed by atoms with van der Waals surface area (Å²) >= 11 is 3.43. The molecule has 0 aliphatic carbocycles. The topological polar surface area (TPSA) is 17.0 Å². The maximum absolute atomic E-state index is 3.43. The van der Waals surface area contributed by atoms with E-state index >= 15 is 0 Å². The van der Waals surface area contributed by atoms with Crippen LogP contribution >= 0.6 is 15.9 Å². The Kier molecular flexibility index (Phi) is 3.00. The minimum Gasteiger partial charge on any atom is -0.371 e. The number of anilines is 1. The fraction of sp³-hybridized carbons (Fsp3) is 0.500. The summed E-state index contributed by atoms with van der Waals surface area (Å²) in [7, 11) is 2.03. The second-order valence-corrected chi connectivity index (χ2v) is 3.34. The molecule has 11 heavy (non-hydrogen) atoms. The maximum atomic E-state index is 3.43. The van der Waals surface area contributed by atoms with E-state index in [9.17, 15) is 0 Å². The lowest BCUT2D eigenvalue weighted by molar-refractivity contribution is 0.878. The van der Waals surface area contributed by atoms with Gasteiger partial charge in [-0.05, 0) is 34.5 Å². The highest BCUT2D eigenvalue weighted by molar-refractivity contribution is 9.10. The van der Waals surface area contributed by atoms with Gasteiger partial charge in [0.05, 0.1) is 4.60 Å². The van der Waals surface area contributed by atoms with Crippen LogP contribution in [0.15, 0.2) is 16.7 Å². The SMILES string of the molecule is CCCNc1ccc(Br)n1C. The number of aromatic nitrogens is 1. The molecule has 0 bridgehead atoms. The molecule has 1 rings (SSSR count). The molecule has 0 saturated carbocycles. The lowest BCUT2D eigenvalue weighted by atomic mass is 10.5. The van der Waals surface area contributed by atoms with Crippen molar-refractivity contribution in [2.45, 2.75) is 13.3 Å². The molecule has 62 valence electrons. The van der Waals surface area contributed by atoms with Crippen LogP contribution in [0.5, 0.6) is 0 Å². The largest absolute Gasteiger partial charge is 0.371 e. The van der Waals surface area contributed by atoms with Crippen molar-refractivity contribution in [2.75, 3.05) is 11.9 Å². The summed E-state index contributed by atoms with van der Waals surface area (Å²) < 4.78 is 3.19. The maximum Gasteiger partial charge on any atom is 0.106 e. The van der Waals surface area contributed by atoms with Crippen LogP contribution in [0.1, 0.15) is 13.3 Å². The fourth-order valence-electron chi connectivity index (χ4n) is 0.917. The predicted octanol–water partition coefficient (Wildman–Crippen LogP) is 2.61. The van der Waals surface area contributed by atoms with Crippen LogP contribution in [0.3, 0.4) is 0 Å². The Morgan fingerprint density at radius 1 is 1.55 bits per heavy atom. The average Bonchev–Trinajstić information content (AvgIpc) is 2.31. The molecule has 1 N–H and O–H groups in total. The Hall–Kier alpha value is -0.440. The van der Waals surface area contributed by atoms with Crippen LogP contribution in [-0.2, 0) is 7.05 Å². The van der Waals surface area contributed by atoms with E-state index < -0.39 is 0 Å². The summed E-state index contributed by atoms with van der Waals surface area (Å²) in [6.45, 7) is 3.19. The van der Waals surface area contributed by atoms with Gasteiger partial charge < -0.3 is 9.88 Å². The highest BCUT2D eigenvalue weighted by Crippen LogP contribution is 2.17. The molecule has 0 aliphatic heterocycles. The Morgan fingerprint density at radius 3 is 2.73 bits per heavy atom. The van der Waals surface area contributed by atoms with Gasteiger partial charge >= 0.3 is 0 Å². The monoisotopic (exact) mass is 216 g/mol. The molecule has 2 nitrogen and oxygen atoms in total. The number of halogens is 1. The fourth-order valence-corrected chi connectivity index (χ4v) is 1.24. The van der Waals surface area contributed by atoms with E-state index in [-0.39, 0.29) is 0 Å². The van der Waals surface area contributed by atoms with Gasteiger partial charge in [-0.25, -0.2) is 0 Å². The third kappa shape index (κ3) is 1.99. The molecule has 3 heteroatoms. The molecule has 0 radical (unpaired) electrons. The summed E-state index contributed by atoms with van der Waals surface area (Å²) in [5, 5.41) is 3.32. The highest BCUT2D eigenvalue weighted by Gasteiger charge is 1.98. The zero-order chi connectivity index (χ0) is 8.27. The van der Waals surface area contributed by atoms with Crippen molar-refractivity contribution in [3.63, 3.8) is 0 Å². The lowest BCUT2D eigenvalue weighted by Gasteiger charge is -2.05. The van der Waals surface area contributed by atoms with Gasteiger partial charge in [-0.2, -0.15) is 0 Å². The van der Waals surface area contributed by atoms with E-state index in [4.69, 9.17) is 0 Å².